The number of amides is 1. The van der Waals surface area contributed by atoms with Crippen LogP contribution in [0.4, 0.5) is 0 Å². The maximum Gasteiger partial charge on any atom is 0.254 e. The highest BCUT2D eigenvalue weighted by molar-refractivity contribution is 5.95. The van der Waals surface area contributed by atoms with Crippen LogP contribution in [0.15, 0.2) is 18.2 Å². The highest BCUT2D eigenvalue weighted by Crippen LogP contribution is 2.29. The van der Waals surface area contributed by atoms with E-state index in [1.165, 1.54) is 0 Å². The number of morpholine rings is 1. The van der Waals surface area contributed by atoms with Gasteiger partial charge >= 0.3 is 0 Å². The molecular formula is C18H27NO4. The van der Waals surface area contributed by atoms with Crippen LogP contribution in [0.3, 0.4) is 0 Å². The molecule has 128 valence electrons. The molecule has 1 aromatic rings. The number of benzene rings is 1. The maximum atomic E-state index is 12.7. The van der Waals surface area contributed by atoms with Gasteiger partial charge in [0.2, 0.25) is 0 Å². The van der Waals surface area contributed by atoms with Crippen molar-refractivity contribution in [2.75, 3.05) is 33.0 Å². The lowest BCUT2D eigenvalue weighted by molar-refractivity contribution is 0.00357. The minimum atomic E-state index is 0.0178. The maximum absolute atomic E-state index is 12.7. The fourth-order valence-corrected chi connectivity index (χ4v) is 2.49. The van der Waals surface area contributed by atoms with Crippen molar-refractivity contribution in [3.05, 3.63) is 23.8 Å². The first-order valence-electron chi connectivity index (χ1n) is 8.45. The van der Waals surface area contributed by atoms with Crippen LogP contribution in [0.1, 0.15) is 44.0 Å². The summed E-state index contributed by atoms with van der Waals surface area (Å²) >= 11 is 0. The van der Waals surface area contributed by atoms with Gasteiger partial charge in [-0.05, 0) is 38.0 Å². The number of carbonyl (C=O) groups excluding carboxylic acids is 1. The largest absolute Gasteiger partial charge is 0.490 e. The van der Waals surface area contributed by atoms with Gasteiger partial charge in [-0.2, -0.15) is 0 Å². The molecule has 0 saturated carbocycles. The molecule has 0 aliphatic carbocycles. The van der Waals surface area contributed by atoms with E-state index in [2.05, 4.69) is 13.8 Å². The summed E-state index contributed by atoms with van der Waals surface area (Å²) in [5, 5.41) is 0. The third-order valence-electron chi connectivity index (χ3n) is 3.74. The first kappa shape index (κ1) is 17.6. The van der Waals surface area contributed by atoms with Crippen molar-refractivity contribution in [2.45, 2.75) is 39.7 Å². The molecule has 5 nitrogen and oxygen atoms in total. The van der Waals surface area contributed by atoms with Gasteiger partial charge in [-0.3, -0.25) is 4.79 Å². The molecule has 5 heteroatoms. The number of nitrogens with zero attached hydrogens (tertiary/aromatic N) is 1. The molecule has 1 aliphatic rings. The van der Waals surface area contributed by atoms with Gasteiger partial charge < -0.3 is 19.1 Å². The van der Waals surface area contributed by atoms with Crippen LogP contribution in [-0.2, 0) is 4.74 Å². The van der Waals surface area contributed by atoms with Gasteiger partial charge in [0, 0.05) is 12.1 Å². The van der Waals surface area contributed by atoms with Crippen molar-refractivity contribution in [3.63, 3.8) is 0 Å². The molecular weight excluding hydrogens is 294 g/mol. The summed E-state index contributed by atoms with van der Waals surface area (Å²) < 4.78 is 16.9. The Hall–Kier alpha value is -1.75. The summed E-state index contributed by atoms with van der Waals surface area (Å²) in [6.07, 6.45) is 1.84. The molecule has 1 amide bonds. The third-order valence-corrected chi connectivity index (χ3v) is 3.74. The minimum absolute atomic E-state index is 0.0178. The second-order valence-corrected chi connectivity index (χ2v) is 5.78. The van der Waals surface area contributed by atoms with Gasteiger partial charge in [-0.15, -0.1) is 0 Å². The molecule has 1 heterocycles. The normalized spacial score (nSPS) is 17.9. The lowest BCUT2D eigenvalue weighted by atomic mass is 10.1. The van der Waals surface area contributed by atoms with Crippen LogP contribution >= 0.6 is 0 Å². The number of rotatable bonds is 7. The highest BCUT2D eigenvalue weighted by Gasteiger charge is 2.25. The van der Waals surface area contributed by atoms with Gasteiger partial charge in [0.05, 0.1) is 32.5 Å². The molecule has 1 fully saturated rings. The molecule has 23 heavy (non-hydrogen) atoms. The Kier molecular flexibility index (Phi) is 6.71. The Morgan fingerprint density at radius 2 is 1.91 bits per heavy atom. The molecule has 1 saturated heterocycles. The highest BCUT2D eigenvalue weighted by atomic mass is 16.5. The van der Waals surface area contributed by atoms with E-state index >= 15 is 0 Å². The van der Waals surface area contributed by atoms with Crippen LogP contribution in [0.2, 0.25) is 0 Å². The zero-order valence-electron chi connectivity index (χ0n) is 14.3. The molecule has 0 bridgehead atoms. The van der Waals surface area contributed by atoms with Gasteiger partial charge in [-0.1, -0.05) is 13.8 Å². The predicted molar refractivity (Wildman–Crippen MR) is 89.3 cm³/mol. The number of hydrogen-bond acceptors (Lipinski definition) is 4. The fraction of sp³-hybridized carbons (Fsp3) is 0.611. The number of carbonyl (C=O) groups is 1. The van der Waals surface area contributed by atoms with Crippen LogP contribution in [-0.4, -0.2) is 49.8 Å². The Labute approximate surface area is 138 Å². The zero-order valence-corrected chi connectivity index (χ0v) is 14.3. The molecule has 1 atom stereocenters. The first-order chi connectivity index (χ1) is 11.2. The summed E-state index contributed by atoms with van der Waals surface area (Å²) in [4.78, 5) is 14.6. The smallest absolute Gasteiger partial charge is 0.254 e. The van der Waals surface area contributed by atoms with E-state index < -0.39 is 0 Å². The molecule has 0 radical (unpaired) electrons. The number of ether oxygens (including phenoxy) is 3. The molecule has 1 aromatic carbocycles. The van der Waals surface area contributed by atoms with E-state index in [0.717, 1.165) is 12.8 Å². The SMILES string of the molecule is CCCOc1ccc(C(=O)N2CCOC[C@@H]2C)cc1OCCC. The van der Waals surface area contributed by atoms with E-state index in [9.17, 15) is 4.79 Å². The molecule has 0 N–H and O–H groups in total. The lowest BCUT2D eigenvalue weighted by Gasteiger charge is -2.33. The van der Waals surface area contributed by atoms with Crippen molar-refractivity contribution < 1.29 is 19.0 Å². The quantitative estimate of drug-likeness (QED) is 0.774. The Balaban J connectivity index is 2.19. The lowest BCUT2D eigenvalue weighted by Crippen LogP contribution is -2.47. The summed E-state index contributed by atoms with van der Waals surface area (Å²) in [7, 11) is 0. The Bertz CT molecular complexity index is 518. The summed E-state index contributed by atoms with van der Waals surface area (Å²) in [5.41, 5.74) is 0.633. The molecule has 1 aliphatic heterocycles. The second kappa shape index (κ2) is 8.77. The standard InChI is InChI=1S/C18H27NO4/c1-4-9-22-16-7-6-15(12-17(16)23-10-5-2)18(20)19-8-11-21-13-14(19)3/h6-7,12,14H,4-5,8-11,13H2,1-3H3/t14-/m0/s1. The van der Waals surface area contributed by atoms with Crippen LogP contribution in [0, 0.1) is 0 Å². The van der Waals surface area contributed by atoms with Gasteiger partial charge in [0.25, 0.3) is 5.91 Å². The van der Waals surface area contributed by atoms with Crippen LogP contribution in [0.5, 0.6) is 11.5 Å². The summed E-state index contributed by atoms with van der Waals surface area (Å²) in [6.45, 7) is 9.16. The summed E-state index contributed by atoms with van der Waals surface area (Å²) in [5.74, 6) is 1.36. The van der Waals surface area contributed by atoms with E-state index in [0.29, 0.717) is 50.0 Å². The van der Waals surface area contributed by atoms with Crippen molar-refractivity contribution in [1.82, 2.24) is 4.90 Å². The zero-order chi connectivity index (χ0) is 16.7. The monoisotopic (exact) mass is 321 g/mol. The van der Waals surface area contributed by atoms with Gasteiger partial charge in [0.15, 0.2) is 11.5 Å². The van der Waals surface area contributed by atoms with E-state index in [1.807, 2.05) is 24.0 Å². The molecule has 2 rings (SSSR count). The van der Waals surface area contributed by atoms with E-state index in [4.69, 9.17) is 14.2 Å². The predicted octanol–water partition coefficient (Wildman–Crippen LogP) is 3.13. The average Bonchev–Trinajstić information content (AvgIpc) is 2.58. The van der Waals surface area contributed by atoms with Crippen molar-refractivity contribution >= 4 is 5.91 Å². The van der Waals surface area contributed by atoms with Gasteiger partial charge in [-0.25, -0.2) is 0 Å². The molecule has 0 aromatic heterocycles. The Morgan fingerprint density at radius 3 is 2.57 bits per heavy atom. The summed E-state index contributed by atoms with van der Waals surface area (Å²) in [6, 6.07) is 5.53. The average molecular weight is 321 g/mol. The van der Waals surface area contributed by atoms with Gasteiger partial charge in [0.1, 0.15) is 0 Å². The van der Waals surface area contributed by atoms with Crippen LogP contribution in [0.25, 0.3) is 0 Å². The van der Waals surface area contributed by atoms with Crippen molar-refractivity contribution in [3.8, 4) is 11.5 Å². The van der Waals surface area contributed by atoms with Crippen molar-refractivity contribution in [2.24, 2.45) is 0 Å². The fourth-order valence-electron chi connectivity index (χ4n) is 2.49. The van der Waals surface area contributed by atoms with E-state index in [1.54, 1.807) is 6.07 Å². The Morgan fingerprint density at radius 1 is 1.22 bits per heavy atom. The third kappa shape index (κ3) is 4.61. The van der Waals surface area contributed by atoms with E-state index in [-0.39, 0.29) is 11.9 Å². The van der Waals surface area contributed by atoms with Crippen molar-refractivity contribution in [1.29, 1.82) is 0 Å². The molecule has 0 spiro atoms. The first-order valence-corrected chi connectivity index (χ1v) is 8.45. The minimum Gasteiger partial charge on any atom is -0.490 e. The topological polar surface area (TPSA) is 48.0 Å². The number of hydrogen-bond donors (Lipinski definition) is 0. The van der Waals surface area contributed by atoms with Crippen LogP contribution < -0.4 is 9.47 Å². The molecule has 0 unspecified atom stereocenters. The second-order valence-electron chi connectivity index (χ2n) is 5.78.